The molecule has 6 nitrogen and oxygen atoms in total. The van der Waals surface area contributed by atoms with Gasteiger partial charge >= 0.3 is 6.09 Å². The summed E-state index contributed by atoms with van der Waals surface area (Å²) in [6.45, 7) is 7.44. The zero-order valence-electron chi connectivity index (χ0n) is 15.0. The van der Waals surface area contributed by atoms with Crippen LogP contribution in [0.1, 0.15) is 34.1 Å². The smallest absolute Gasteiger partial charge is 0.412 e. The van der Waals surface area contributed by atoms with E-state index in [1.807, 2.05) is 6.07 Å². The van der Waals surface area contributed by atoms with Crippen molar-refractivity contribution in [2.75, 3.05) is 22.5 Å². The van der Waals surface area contributed by atoms with Crippen LogP contribution in [-0.4, -0.2) is 35.0 Å². The summed E-state index contributed by atoms with van der Waals surface area (Å²) in [6.07, 6.45) is -0.156. The SMILES string of the molecule is CC(=O)SCC1CC(=O)N(c2ccccc2NC(=O)OC(C)(C)C)C1. The molecule has 1 unspecified atom stereocenters. The Labute approximate surface area is 152 Å². The van der Waals surface area contributed by atoms with Gasteiger partial charge < -0.3 is 9.64 Å². The maximum absolute atomic E-state index is 12.4. The summed E-state index contributed by atoms with van der Waals surface area (Å²) in [7, 11) is 0. The van der Waals surface area contributed by atoms with Crippen LogP contribution in [0.2, 0.25) is 0 Å². The van der Waals surface area contributed by atoms with E-state index < -0.39 is 11.7 Å². The van der Waals surface area contributed by atoms with E-state index >= 15 is 0 Å². The van der Waals surface area contributed by atoms with Crippen molar-refractivity contribution in [2.45, 2.75) is 39.7 Å². The van der Waals surface area contributed by atoms with Crippen molar-refractivity contribution in [3.8, 4) is 0 Å². The maximum atomic E-state index is 12.4. The van der Waals surface area contributed by atoms with Gasteiger partial charge in [0.05, 0.1) is 11.4 Å². The first kappa shape index (κ1) is 19.3. The van der Waals surface area contributed by atoms with Crippen molar-refractivity contribution < 1.29 is 19.1 Å². The number of hydrogen-bond acceptors (Lipinski definition) is 5. The van der Waals surface area contributed by atoms with Crippen LogP contribution in [0.4, 0.5) is 16.2 Å². The first-order valence-corrected chi connectivity index (χ1v) is 9.17. The second kappa shape index (κ2) is 7.91. The molecule has 2 rings (SSSR count). The molecule has 1 aromatic rings. The van der Waals surface area contributed by atoms with Crippen molar-refractivity contribution in [1.82, 2.24) is 0 Å². The molecule has 1 aliphatic heterocycles. The number of rotatable bonds is 4. The van der Waals surface area contributed by atoms with E-state index in [9.17, 15) is 14.4 Å². The number of anilines is 2. The molecule has 0 radical (unpaired) electrons. The van der Waals surface area contributed by atoms with Gasteiger partial charge in [0, 0.05) is 25.6 Å². The van der Waals surface area contributed by atoms with Gasteiger partial charge in [-0.05, 0) is 38.8 Å². The van der Waals surface area contributed by atoms with Crippen molar-refractivity contribution in [3.05, 3.63) is 24.3 Å². The van der Waals surface area contributed by atoms with E-state index in [0.717, 1.165) is 0 Å². The van der Waals surface area contributed by atoms with Gasteiger partial charge in [-0.2, -0.15) is 0 Å². The molecular formula is C18H24N2O4S. The molecule has 0 spiro atoms. The normalized spacial score (nSPS) is 17.5. The lowest BCUT2D eigenvalue weighted by atomic mass is 10.1. The molecule has 25 heavy (non-hydrogen) atoms. The van der Waals surface area contributed by atoms with E-state index in [0.29, 0.717) is 30.1 Å². The van der Waals surface area contributed by atoms with Gasteiger partial charge in [0.1, 0.15) is 5.60 Å². The van der Waals surface area contributed by atoms with Gasteiger partial charge in [-0.3, -0.25) is 14.9 Å². The Bertz CT molecular complexity index is 669. The van der Waals surface area contributed by atoms with E-state index in [1.54, 1.807) is 43.9 Å². The molecule has 1 aliphatic rings. The van der Waals surface area contributed by atoms with Crippen LogP contribution in [0.25, 0.3) is 0 Å². The third-order valence-electron chi connectivity index (χ3n) is 3.56. The second-order valence-corrected chi connectivity index (χ2v) is 8.22. The summed E-state index contributed by atoms with van der Waals surface area (Å²) >= 11 is 1.24. The average Bonchev–Trinajstić information content (AvgIpc) is 2.84. The number of benzene rings is 1. The van der Waals surface area contributed by atoms with Gasteiger partial charge in [0.25, 0.3) is 0 Å². The van der Waals surface area contributed by atoms with Gasteiger partial charge in [0.2, 0.25) is 5.91 Å². The number of amides is 2. The van der Waals surface area contributed by atoms with Crippen LogP contribution in [0.15, 0.2) is 24.3 Å². The van der Waals surface area contributed by atoms with E-state index in [4.69, 9.17) is 4.74 Å². The summed E-state index contributed by atoms with van der Waals surface area (Å²) in [5.41, 5.74) is 0.580. The molecule has 7 heteroatoms. The quantitative estimate of drug-likeness (QED) is 0.882. The topological polar surface area (TPSA) is 75.7 Å². The molecule has 0 bridgehead atoms. The van der Waals surface area contributed by atoms with Gasteiger partial charge in [-0.1, -0.05) is 23.9 Å². The van der Waals surface area contributed by atoms with Crippen molar-refractivity contribution in [2.24, 2.45) is 5.92 Å². The van der Waals surface area contributed by atoms with Crippen LogP contribution < -0.4 is 10.2 Å². The highest BCUT2D eigenvalue weighted by Crippen LogP contribution is 2.32. The van der Waals surface area contributed by atoms with Crippen molar-refractivity contribution in [3.63, 3.8) is 0 Å². The molecule has 2 amide bonds. The number of nitrogens with one attached hydrogen (secondary N) is 1. The monoisotopic (exact) mass is 364 g/mol. The lowest BCUT2D eigenvalue weighted by molar-refractivity contribution is -0.117. The molecule has 0 saturated carbocycles. The number of ether oxygens (including phenoxy) is 1. The van der Waals surface area contributed by atoms with Crippen LogP contribution in [0, 0.1) is 5.92 Å². The van der Waals surface area contributed by atoms with Crippen LogP contribution in [0.3, 0.4) is 0 Å². The molecular weight excluding hydrogens is 340 g/mol. The third-order valence-corrected chi connectivity index (χ3v) is 4.60. The van der Waals surface area contributed by atoms with Crippen LogP contribution in [0.5, 0.6) is 0 Å². The van der Waals surface area contributed by atoms with Crippen molar-refractivity contribution in [1.29, 1.82) is 0 Å². The summed E-state index contributed by atoms with van der Waals surface area (Å²) in [4.78, 5) is 37.2. The lowest BCUT2D eigenvalue weighted by Gasteiger charge is -2.23. The Morgan fingerprint density at radius 1 is 1.32 bits per heavy atom. The molecule has 136 valence electrons. The highest BCUT2D eigenvalue weighted by molar-refractivity contribution is 8.13. The number of carbonyl (C=O) groups excluding carboxylic acids is 3. The number of hydrogen-bond donors (Lipinski definition) is 1. The molecule has 0 aliphatic carbocycles. The summed E-state index contributed by atoms with van der Waals surface area (Å²) in [5, 5.41) is 2.77. The molecule has 1 heterocycles. The zero-order chi connectivity index (χ0) is 18.6. The minimum Gasteiger partial charge on any atom is -0.444 e. The maximum Gasteiger partial charge on any atom is 0.412 e. The zero-order valence-corrected chi connectivity index (χ0v) is 15.8. The summed E-state index contributed by atoms with van der Waals surface area (Å²) < 4.78 is 5.28. The molecule has 1 fully saturated rings. The van der Waals surface area contributed by atoms with E-state index in [-0.39, 0.29) is 16.9 Å². The number of thioether (sulfide) groups is 1. The third kappa shape index (κ3) is 5.77. The number of carbonyl (C=O) groups is 3. The van der Waals surface area contributed by atoms with Crippen molar-refractivity contribution >= 4 is 40.3 Å². The minimum atomic E-state index is -0.600. The second-order valence-electron chi connectivity index (χ2n) is 7.02. The Balaban J connectivity index is 2.10. The first-order chi connectivity index (χ1) is 11.7. The average molecular weight is 364 g/mol. The van der Waals surface area contributed by atoms with Gasteiger partial charge in [-0.25, -0.2) is 4.79 Å². The van der Waals surface area contributed by atoms with Crippen LogP contribution in [-0.2, 0) is 14.3 Å². The fraction of sp³-hybridized carbons (Fsp3) is 0.500. The fourth-order valence-corrected chi connectivity index (χ4v) is 3.28. The number of nitrogens with zero attached hydrogens (tertiary/aromatic N) is 1. The Hall–Kier alpha value is -2.02. The van der Waals surface area contributed by atoms with Gasteiger partial charge in [-0.15, -0.1) is 0 Å². The highest BCUT2D eigenvalue weighted by atomic mass is 32.2. The highest BCUT2D eigenvalue weighted by Gasteiger charge is 2.32. The largest absolute Gasteiger partial charge is 0.444 e. The number of para-hydroxylation sites is 2. The Kier molecular flexibility index (Phi) is 6.11. The predicted molar refractivity (Wildman–Crippen MR) is 99.9 cm³/mol. The molecule has 1 aromatic carbocycles. The first-order valence-electron chi connectivity index (χ1n) is 8.18. The standard InChI is InChI=1S/C18H24N2O4S/c1-12(21)25-11-13-9-16(22)20(10-13)15-8-6-5-7-14(15)19-17(23)24-18(2,3)4/h5-8,13H,9-11H2,1-4H3,(H,19,23). The predicted octanol–water partition coefficient (Wildman–Crippen LogP) is 3.67. The van der Waals surface area contributed by atoms with Gasteiger partial charge in [0.15, 0.2) is 5.12 Å². The molecule has 0 aromatic heterocycles. The summed E-state index contributed by atoms with van der Waals surface area (Å²) in [6, 6.07) is 7.15. The summed E-state index contributed by atoms with van der Waals surface area (Å²) in [5.74, 6) is 0.739. The fourth-order valence-electron chi connectivity index (χ4n) is 2.59. The molecule has 1 atom stereocenters. The van der Waals surface area contributed by atoms with Crippen LogP contribution >= 0.6 is 11.8 Å². The Morgan fingerprint density at radius 3 is 2.64 bits per heavy atom. The van der Waals surface area contributed by atoms with E-state index in [2.05, 4.69) is 5.32 Å². The lowest BCUT2D eigenvalue weighted by Crippen LogP contribution is -2.29. The molecule has 1 N–H and O–H groups in total. The minimum absolute atomic E-state index is 0.00686. The van der Waals surface area contributed by atoms with E-state index in [1.165, 1.54) is 18.7 Å². The molecule has 1 saturated heterocycles. The Morgan fingerprint density at radius 2 is 2.00 bits per heavy atom.